The van der Waals surface area contributed by atoms with Gasteiger partial charge in [0, 0.05) is 13.1 Å². The molecule has 1 aromatic carbocycles. The van der Waals surface area contributed by atoms with Gasteiger partial charge in [0.15, 0.2) is 6.61 Å². The Balaban J connectivity index is 1.96. The largest absolute Gasteiger partial charge is 0.483 e. The predicted molar refractivity (Wildman–Crippen MR) is 81.2 cm³/mol. The van der Waals surface area contributed by atoms with Crippen LogP contribution >= 0.6 is 0 Å². The standard InChI is InChI=1S/C17H25NO2/c1-12-9-13(2)14(3)16(10-12)20-11-17(19)18(4)15-7-5-6-8-15/h9-10,15H,5-8,11H2,1-4H3. The Kier molecular flexibility index (Phi) is 4.69. The lowest BCUT2D eigenvalue weighted by molar-refractivity contribution is -0.134. The molecule has 0 aliphatic heterocycles. The van der Waals surface area contributed by atoms with E-state index in [4.69, 9.17) is 4.74 Å². The Morgan fingerprint density at radius 1 is 1.25 bits per heavy atom. The highest BCUT2D eigenvalue weighted by molar-refractivity contribution is 5.78. The van der Waals surface area contributed by atoms with E-state index < -0.39 is 0 Å². The van der Waals surface area contributed by atoms with Gasteiger partial charge in [-0.2, -0.15) is 0 Å². The molecule has 1 saturated carbocycles. The lowest BCUT2D eigenvalue weighted by Crippen LogP contribution is -2.38. The molecule has 1 amide bonds. The molecule has 0 heterocycles. The Bertz CT molecular complexity index is 490. The summed E-state index contributed by atoms with van der Waals surface area (Å²) in [4.78, 5) is 14.1. The van der Waals surface area contributed by atoms with Crippen LogP contribution < -0.4 is 4.74 Å². The molecular weight excluding hydrogens is 250 g/mol. The topological polar surface area (TPSA) is 29.5 Å². The number of hydrogen-bond donors (Lipinski definition) is 0. The van der Waals surface area contributed by atoms with Crippen molar-refractivity contribution in [3.05, 3.63) is 28.8 Å². The first kappa shape index (κ1) is 14.9. The maximum absolute atomic E-state index is 12.2. The van der Waals surface area contributed by atoms with E-state index in [-0.39, 0.29) is 12.5 Å². The zero-order valence-corrected chi connectivity index (χ0v) is 13.0. The van der Waals surface area contributed by atoms with E-state index in [1.54, 1.807) is 0 Å². The number of carbonyl (C=O) groups is 1. The number of ether oxygens (including phenoxy) is 1. The Morgan fingerprint density at radius 2 is 1.90 bits per heavy atom. The zero-order valence-electron chi connectivity index (χ0n) is 13.0. The van der Waals surface area contributed by atoms with Gasteiger partial charge < -0.3 is 9.64 Å². The van der Waals surface area contributed by atoms with Gasteiger partial charge >= 0.3 is 0 Å². The van der Waals surface area contributed by atoms with Crippen molar-refractivity contribution in [2.45, 2.75) is 52.5 Å². The van der Waals surface area contributed by atoms with Crippen LogP contribution in [0.4, 0.5) is 0 Å². The molecule has 1 aliphatic carbocycles. The van der Waals surface area contributed by atoms with Crippen molar-refractivity contribution in [1.29, 1.82) is 0 Å². The fourth-order valence-electron chi connectivity index (χ4n) is 2.89. The van der Waals surface area contributed by atoms with Crippen molar-refractivity contribution >= 4 is 5.91 Å². The van der Waals surface area contributed by atoms with Gasteiger partial charge in [-0.3, -0.25) is 4.79 Å². The van der Waals surface area contributed by atoms with E-state index in [1.165, 1.54) is 24.0 Å². The van der Waals surface area contributed by atoms with Gasteiger partial charge in [0.05, 0.1) is 0 Å². The minimum Gasteiger partial charge on any atom is -0.483 e. The molecule has 0 aromatic heterocycles. The summed E-state index contributed by atoms with van der Waals surface area (Å²) in [6.07, 6.45) is 4.73. The van der Waals surface area contributed by atoms with Gasteiger partial charge in [-0.15, -0.1) is 0 Å². The quantitative estimate of drug-likeness (QED) is 0.843. The third-order valence-electron chi connectivity index (χ3n) is 4.38. The Hall–Kier alpha value is -1.51. The molecule has 0 saturated heterocycles. The van der Waals surface area contributed by atoms with E-state index in [0.717, 1.165) is 24.2 Å². The van der Waals surface area contributed by atoms with Crippen LogP contribution in [0.5, 0.6) is 5.75 Å². The SMILES string of the molecule is Cc1cc(C)c(C)c(OCC(=O)N(C)C2CCCC2)c1. The molecule has 1 aromatic rings. The molecule has 2 rings (SSSR count). The van der Waals surface area contributed by atoms with Crippen LogP contribution in [0.2, 0.25) is 0 Å². The fourth-order valence-corrected chi connectivity index (χ4v) is 2.89. The Morgan fingerprint density at radius 3 is 2.55 bits per heavy atom. The van der Waals surface area contributed by atoms with Crippen LogP contribution in [0.15, 0.2) is 12.1 Å². The first-order valence-electron chi connectivity index (χ1n) is 7.45. The molecule has 0 N–H and O–H groups in total. The summed E-state index contributed by atoms with van der Waals surface area (Å²) in [5.41, 5.74) is 3.49. The highest BCUT2D eigenvalue weighted by Crippen LogP contribution is 2.24. The summed E-state index contributed by atoms with van der Waals surface area (Å²) < 4.78 is 5.75. The number of carbonyl (C=O) groups excluding carboxylic acids is 1. The van der Waals surface area contributed by atoms with E-state index in [2.05, 4.69) is 13.0 Å². The van der Waals surface area contributed by atoms with Crippen molar-refractivity contribution in [3.8, 4) is 5.75 Å². The molecule has 0 atom stereocenters. The van der Waals surface area contributed by atoms with Gasteiger partial charge in [-0.25, -0.2) is 0 Å². The molecule has 0 bridgehead atoms. The van der Waals surface area contributed by atoms with Gasteiger partial charge in [-0.1, -0.05) is 18.9 Å². The van der Waals surface area contributed by atoms with E-state index in [9.17, 15) is 4.79 Å². The summed E-state index contributed by atoms with van der Waals surface area (Å²) in [6, 6.07) is 4.55. The number of hydrogen-bond acceptors (Lipinski definition) is 2. The molecule has 1 aliphatic rings. The molecular formula is C17H25NO2. The lowest BCUT2D eigenvalue weighted by atomic mass is 10.1. The molecule has 110 valence electrons. The van der Waals surface area contributed by atoms with Crippen molar-refractivity contribution in [2.24, 2.45) is 0 Å². The van der Waals surface area contributed by atoms with E-state index in [1.807, 2.05) is 31.9 Å². The second-order valence-corrected chi connectivity index (χ2v) is 5.94. The highest BCUT2D eigenvalue weighted by Gasteiger charge is 2.23. The zero-order chi connectivity index (χ0) is 14.7. The molecule has 1 fully saturated rings. The third kappa shape index (κ3) is 3.33. The number of rotatable bonds is 4. The summed E-state index contributed by atoms with van der Waals surface area (Å²) in [5.74, 6) is 0.908. The van der Waals surface area contributed by atoms with Gasteiger partial charge in [0.1, 0.15) is 5.75 Å². The van der Waals surface area contributed by atoms with Crippen molar-refractivity contribution < 1.29 is 9.53 Å². The van der Waals surface area contributed by atoms with Gasteiger partial charge in [0.2, 0.25) is 0 Å². The average molecular weight is 275 g/mol. The lowest BCUT2D eigenvalue weighted by Gasteiger charge is -2.24. The summed E-state index contributed by atoms with van der Waals surface area (Å²) in [6.45, 7) is 6.29. The van der Waals surface area contributed by atoms with Crippen molar-refractivity contribution in [1.82, 2.24) is 4.90 Å². The minimum atomic E-state index is 0.0791. The normalized spacial score (nSPS) is 15.4. The van der Waals surface area contributed by atoms with Crippen LogP contribution in [-0.2, 0) is 4.79 Å². The van der Waals surface area contributed by atoms with E-state index >= 15 is 0 Å². The van der Waals surface area contributed by atoms with Gasteiger partial charge in [0.25, 0.3) is 5.91 Å². The third-order valence-corrected chi connectivity index (χ3v) is 4.38. The first-order valence-corrected chi connectivity index (χ1v) is 7.45. The molecule has 0 spiro atoms. The van der Waals surface area contributed by atoms with Gasteiger partial charge in [-0.05, 0) is 56.4 Å². The van der Waals surface area contributed by atoms with Crippen LogP contribution in [-0.4, -0.2) is 30.5 Å². The summed E-state index contributed by atoms with van der Waals surface area (Å²) >= 11 is 0. The smallest absolute Gasteiger partial charge is 0.260 e. The minimum absolute atomic E-state index is 0.0791. The molecule has 3 nitrogen and oxygen atoms in total. The maximum atomic E-state index is 12.2. The molecule has 0 unspecified atom stereocenters. The second kappa shape index (κ2) is 6.29. The monoisotopic (exact) mass is 275 g/mol. The maximum Gasteiger partial charge on any atom is 0.260 e. The Labute approximate surface area is 121 Å². The van der Waals surface area contributed by atoms with E-state index in [0.29, 0.717) is 6.04 Å². The molecule has 3 heteroatoms. The first-order chi connectivity index (χ1) is 9.49. The number of benzene rings is 1. The summed E-state index contributed by atoms with van der Waals surface area (Å²) in [5, 5.41) is 0. The number of likely N-dealkylation sites (N-methyl/N-ethyl adjacent to an activating group) is 1. The number of amides is 1. The van der Waals surface area contributed by atoms with Crippen LogP contribution in [0.3, 0.4) is 0 Å². The van der Waals surface area contributed by atoms with Crippen LogP contribution in [0.1, 0.15) is 42.4 Å². The molecule has 0 radical (unpaired) electrons. The number of aryl methyl sites for hydroxylation is 2. The van der Waals surface area contributed by atoms with Crippen LogP contribution in [0.25, 0.3) is 0 Å². The fraction of sp³-hybridized carbons (Fsp3) is 0.588. The summed E-state index contributed by atoms with van der Waals surface area (Å²) in [7, 11) is 1.90. The average Bonchev–Trinajstić information content (AvgIpc) is 2.93. The predicted octanol–water partition coefficient (Wildman–Crippen LogP) is 3.39. The number of nitrogens with zero attached hydrogens (tertiary/aromatic N) is 1. The van der Waals surface area contributed by atoms with Crippen molar-refractivity contribution in [2.75, 3.05) is 13.7 Å². The highest BCUT2D eigenvalue weighted by atomic mass is 16.5. The second-order valence-electron chi connectivity index (χ2n) is 5.94. The molecule has 20 heavy (non-hydrogen) atoms. The van der Waals surface area contributed by atoms with Crippen molar-refractivity contribution in [3.63, 3.8) is 0 Å². The van der Waals surface area contributed by atoms with Crippen LogP contribution in [0, 0.1) is 20.8 Å².